The summed E-state index contributed by atoms with van der Waals surface area (Å²) in [7, 11) is 3.16. The Morgan fingerprint density at radius 1 is 1.21 bits per heavy atom. The Labute approximate surface area is 166 Å². The van der Waals surface area contributed by atoms with E-state index >= 15 is 0 Å². The number of hydrogen-bond acceptors (Lipinski definition) is 6. The van der Waals surface area contributed by atoms with Crippen LogP contribution < -0.4 is 14.8 Å². The first-order chi connectivity index (χ1) is 13.2. The van der Waals surface area contributed by atoms with Crippen molar-refractivity contribution in [3.05, 3.63) is 24.1 Å². The van der Waals surface area contributed by atoms with Crippen molar-refractivity contribution in [3.63, 3.8) is 0 Å². The molecule has 1 aromatic carbocycles. The molecule has 0 spiro atoms. The summed E-state index contributed by atoms with van der Waals surface area (Å²) in [5.41, 5.74) is 0.653. The Hall–Kier alpha value is -2.57. The van der Waals surface area contributed by atoms with E-state index in [1.54, 1.807) is 26.4 Å². The third kappa shape index (κ3) is 5.47. The van der Waals surface area contributed by atoms with E-state index in [0.717, 1.165) is 12.0 Å². The Morgan fingerprint density at radius 2 is 1.89 bits per heavy atom. The highest BCUT2D eigenvalue weighted by Crippen LogP contribution is 2.32. The predicted octanol–water partition coefficient (Wildman–Crippen LogP) is 4.39. The van der Waals surface area contributed by atoms with Gasteiger partial charge < -0.3 is 19.3 Å². The van der Waals surface area contributed by atoms with E-state index in [2.05, 4.69) is 29.3 Å². The lowest BCUT2D eigenvalue weighted by Crippen LogP contribution is -2.34. The number of nitrogens with zero attached hydrogens (tertiary/aromatic N) is 2. The number of methoxy groups -OCH3 is 2. The number of ether oxygens (including phenoxy) is 2. The minimum absolute atomic E-state index is 0.0244. The Bertz CT molecular complexity index is 795. The van der Waals surface area contributed by atoms with Crippen LogP contribution in [0.2, 0.25) is 0 Å². The lowest BCUT2D eigenvalue weighted by Gasteiger charge is -2.23. The number of carbonyl (C=O) groups is 1. The van der Waals surface area contributed by atoms with Gasteiger partial charge in [-0.15, -0.1) is 0 Å². The fraction of sp³-hybridized carbons (Fsp3) is 0.571. The van der Waals surface area contributed by atoms with Gasteiger partial charge in [0.15, 0.2) is 11.5 Å². The van der Waals surface area contributed by atoms with Crippen molar-refractivity contribution in [2.75, 3.05) is 14.2 Å². The summed E-state index contributed by atoms with van der Waals surface area (Å²) < 4.78 is 16.1. The largest absolute Gasteiger partial charge is 0.493 e. The molecule has 0 radical (unpaired) electrons. The fourth-order valence-electron chi connectivity index (χ4n) is 2.84. The molecule has 0 fully saturated rings. The van der Waals surface area contributed by atoms with E-state index in [9.17, 15) is 4.79 Å². The fourth-order valence-corrected chi connectivity index (χ4v) is 2.84. The second kappa shape index (κ2) is 9.08. The van der Waals surface area contributed by atoms with Crippen LogP contribution >= 0.6 is 0 Å². The Morgan fingerprint density at radius 3 is 2.46 bits per heavy atom. The molecule has 2 aromatic rings. The van der Waals surface area contributed by atoms with Crippen LogP contribution in [-0.2, 0) is 4.79 Å². The van der Waals surface area contributed by atoms with Crippen molar-refractivity contribution in [3.8, 4) is 22.9 Å². The average Bonchev–Trinajstić information content (AvgIpc) is 3.13. The normalized spacial score (nSPS) is 13.7. The first-order valence-corrected chi connectivity index (χ1v) is 9.53. The van der Waals surface area contributed by atoms with Gasteiger partial charge in [-0.2, -0.15) is 4.98 Å². The molecular weight excluding hydrogens is 358 g/mol. The van der Waals surface area contributed by atoms with Gasteiger partial charge in [-0.05, 0) is 29.5 Å². The van der Waals surface area contributed by atoms with Crippen molar-refractivity contribution in [2.45, 2.75) is 53.5 Å². The molecule has 0 bridgehead atoms. The van der Waals surface area contributed by atoms with Crippen LogP contribution in [0.5, 0.6) is 11.5 Å². The van der Waals surface area contributed by atoms with Crippen molar-refractivity contribution < 1.29 is 18.8 Å². The molecule has 0 aliphatic rings. The highest BCUT2D eigenvalue weighted by atomic mass is 16.5. The van der Waals surface area contributed by atoms with Crippen LogP contribution in [0, 0.1) is 11.3 Å². The van der Waals surface area contributed by atoms with E-state index in [0.29, 0.717) is 29.6 Å². The average molecular weight is 389 g/mol. The lowest BCUT2D eigenvalue weighted by atomic mass is 9.91. The number of rotatable bonds is 8. The molecule has 1 amide bonds. The number of carbonyl (C=O) groups excluding carboxylic acids is 1. The van der Waals surface area contributed by atoms with E-state index in [-0.39, 0.29) is 23.3 Å². The number of benzene rings is 1. The summed E-state index contributed by atoms with van der Waals surface area (Å²) in [6.07, 6.45) is 1.30. The summed E-state index contributed by atoms with van der Waals surface area (Å²) in [5, 5.41) is 7.17. The van der Waals surface area contributed by atoms with Crippen molar-refractivity contribution in [1.82, 2.24) is 15.5 Å². The molecule has 7 heteroatoms. The zero-order chi connectivity index (χ0) is 20.9. The standard InChI is InChI=1S/C21H31N3O4/c1-8-13(2)18(22-17(25)12-21(3,4)5)20-23-19(24-28-20)14-9-10-15(26-6)16(11-14)27-7/h9-11,13,18H,8,12H2,1-7H3,(H,22,25)/t13-,18-/m1/s1. The Balaban J connectivity index is 2.28. The zero-order valence-electron chi connectivity index (χ0n) is 17.8. The molecule has 0 aliphatic carbocycles. The second-order valence-electron chi connectivity index (χ2n) is 8.19. The van der Waals surface area contributed by atoms with Crippen LogP contribution in [0.25, 0.3) is 11.4 Å². The van der Waals surface area contributed by atoms with Crippen LogP contribution in [0.4, 0.5) is 0 Å². The van der Waals surface area contributed by atoms with Gasteiger partial charge in [-0.1, -0.05) is 46.2 Å². The molecule has 1 heterocycles. The van der Waals surface area contributed by atoms with Crippen LogP contribution in [0.1, 0.15) is 59.4 Å². The highest BCUT2D eigenvalue weighted by Gasteiger charge is 2.28. The summed E-state index contributed by atoms with van der Waals surface area (Å²) in [5.74, 6) is 2.19. The quantitative estimate of drug-likeness (QED) is 0.720. The molecule has 0 unspecified atom stereocenters. The summed E-state index contributed by atoms with van der Waals surface area (Å²) in [6.45, 7) is 10.2. The van der Waals surface area contributed by atoms with Crippen molar-refractivity contribution in [1.29, 1.82) is 0 Å². The highest BCUT2D eigenvalue weighted by molar-refractivity contribution is 5.77. The van der Waals surface area contributed by atoms with Gasteiger partial charge in [0.2, 0.25) is 17.6 Å². The minimum atomic E-state index is -0.332. The maximum Gasteiger partial charge on any atom is 0.249 e. The van der Waals surface area contributed by atoms with Crippen molar-refractivity contribution >= 4 is 5.91 Å². The molecule has 0 saturated heterocycles. The maximum atomic E-state index is 12.5. The number of amides is 1. The van der Waals surface area contributed by atoms with Gasteiger partial charge >= 0.3 is 0 Å². The van der Waals surface area contributed by atoms with Crippen LogP contribution in [0.15, 0.2) is 22.7 Å². The number of hydrogen-bond donors (Lipinski definition) is 1. The smallest absolute Gasteiger partial charge is 0.249 e. The van der Waals surface area contributed by atoms with Gasteiger partial charge in [0.25, 0.3) is 0 Å². The Kier molecular flexibility index (Phi) is 7.05. The van der Waals surface area contributed by atoms with Gasteiger partial charge in [-0.3, -0.25) is 4.79 Å². The SMILES string of the molecule is CC[C@@H](C)[C@@H](NC(=O)CC(C)(C)C)c1nc(-c2ccc(OC)c(OC)c2)no1. The number of nitrogens with one attached hydrogen (secondary N) is 1. The molecule has 2 rings (SSSR count). The summed E-state index contributed by atoms with van der Waals surface area (Å²) >= 11 is 0. The second-order valence-corrected chi connectivity index (χ2v) is 8.19. The summed E-state index contributed by atoms with van der Waals surface area (Å²) in [6, 6.07) is 5.10. The van der Waals surface area contributed by atoms with Crippen LogP contribution in [0.3, 0.4) is 0 Å². The molecule has 2 atom stereocenters. The van der Waals surface area contributed by atoms with E-state index in [1.165, 1.54) is 0 Å². The monoisotopic (exact) mass is 389 g/mol. The minimum Gasteiger partial charge on any atom is -0.493 e. The molecule has 7 nitrogen and oxygen atoms in total. The van der Waals surface area contributed by atoms with E-state index < -0.39 is 0 Å². The van der Waals surface area contributed by atoms with E-state index in [4.69, 9.17) is 14.0 Å². The molecule has 0 aliphatic heterocycles. The van der Waals surface area contributed by atoms with Gasteiger partial charge in [0.05, 0.1) is 14.2 Å². The predicted molar refractivity (Wildman–Crippen MR) is 107 cm³/mol. The molecular formula is C21H31N3O4. The van der Waals surface area contributed by atoms with Crippen molar-refractivity contribution in [2.24, 2.45) is 11.3 Å². The van der Waals surface area contributed by atoms with Crippen LogP contribution in [-0.4, -0.2) is 30.3 Å². The maximum absolute atomic E-state index is 12.5. The topological polar surface area (TPSA) is 86.5 Å². The lowest BCUT2D eigenvalue weighted by molar-refractivity contribution is -0.124. The summed E-state index contributed by atoms with van der Waals surface area (Å²) in [4.78, 5) is 17.0. The van der Waals surface area contributed by atoms with E-state index in [1.807, 2.05) is 26.8 Å². The third-order valence-corrected chi connectivity index (χ3v) is 4.57. The first kappa shape index (κ1) is 21.7. The molecule has 0 saturated carbocycles. The molecule has 1 N–H and O–H groups in total. The zero-order valence-corrected chi connectivity index (χ0v) is 17.8. The molecule has 28 heavy (non-hydrogen) atoms. The van der Waals surface area contributed by atoms with Gasteiger partial charge in [0.1, 0.15) is 6.04 Å². The molecule has 154 valence electrons. The first-order valence-electron chi connectivity index (χ1n) is 9.53. The van der Waals surface area contributed by atoms with Gasteiger partial charge in [-0.25, -0.2) is 0 Å². The molecule has 1 aromatic heterocycles. The van der Waals surface area contributed by atoms with Gasteiger partial charge in [0, 0.05) is 12.0 Å². The number of aromatic nitrogens is 2. The third-order valence-electron chi connectivity index (χ3n) is 4.57.